The lowest BCUT2D eigenvalue weighted by Gasteiger charge is -2.31. The minimum Gasteiger partial charge on any atom is -0.352 e. The molecule has 2 aliphatic rings. The van der Waals surface area contributed by atoms with Crippen LogP contribution in [0.3, 0.4) is 0 Å². The minimum absolute atomic E-state index is 0.180. The minimum atomic E-state index is -0.475. The fraction of sp³-hybridized carbons (Fsp3) is 0.750. The summed E-state index contributed by atoms with van der Waals surface area (Å²) >= 11 is 0. The van der Waals surface area contributed by atoms with Crippen LogP contribution in [0.5, 0.6) is 0 Å². The van der Waals surface area contributed by atoms with Gasteiger partial charge in [0.1, 0.15) is 0 Å². The highest BCUT2D eigenvalue weighted by Crippen LogP contribution is 2.15. The van der Waals surface area contributed by atoms with E-state index in [9.17, 15) is 9.59 Å². The van der Waals surface area contributed by atoms with E-state index in [2.05, 4.69) is 16.3 Å². The summed E-state index contributed by atoms with van der Waals surface area (Å²) in [5.41, 5.74) is 6.39. The SMILES string of the molecule is CCN(CC1=CCN(CCNC(N)=O)CC1)C(=O)N1CCCC1. The van der Waals surface area contributed by atoms with E-state index in [0.29, 0.717) is 6.54 Å². The highest BCUT2D eigenvalue weighted by molar-refractivity contribution is 5.75. The number of primary amides is 1. The van der Waals surface area contributed by atoms with Gasteiger partial charge in [-0.3, -0.25) is 4.90 Å². The number of hydrogen-bond acceptors (Lipinski definition) is 3. The molecule has 0 aromatic rings. The van der Waals surface area contributed by atoms with E-state index in [0.717, 1.165) is 65.1 Å². The molecule has 2 heterocycles. The van der Waals surface area contributed by atoms with E-state index < -0.39 is 6.03 Å². The van der Waals surface area contributed by atoms with Gasteiger partial charge in [0.25, 0.3) is 0 Å². The standard InChI is InChI=1S/C16H29N5O2/c1-2-20(16(23)21-8-3-4-9-21)13-14-5-10-19(11-6-14)12-7-18-15(17)22/h5H,2-4,6-13H2,1H3,(H3,17,18,22). The number of hydrogen-bond donors (Lipinski definition) is 2. The fourth-order valence-electron chi connectivity index (χ4n) is 3.11. The van der Waals surface area contributed by atoms with Crippen LogP contribution in [-0.4, -0.2) is 79.1 Å². The molecule has 1 saturated heterocycles. The second-order valence-electron chi connectivity index (χ2n) is 6.19. The third-order valence-electron chi connectivity index (χ3n) is 4.54. The first-order valence-corrected chi connectivity index (χ1v) is 8.57. The van der Waals surface area contributed by atoms with Gasteiger partial charge >= 0.3 is 12.1 Å². The van der Waals surface area contributed by atoms with Crippen molar-refractivity contribution in [1.82, 2.24) is 20.0 Å². The molecular weight excluding hydrogens is 294 g/mol. The molecule has 0 aromatic heterocycles. The Balaban J connectivity index is 1.77. The number of carbonyl (C=O) groups excluding carboxylic acids is 2. The number of nitrogens with one attached hydrogen (secondary N) is 1. The summed E-state index contributed by atoms with van der Waals surface area (Å²) in [6, 6.07) is -0.295. The predicted octanol–water partition coefficient (Wildman–Crippen LogP) is 0.825. The maximum atomic E-state index is 12.5. The molecule has 0 atom stereocenters. The summed E-state index contributed by atoms with van der Waals surface area (Å²) in [5.74, 6) is 0. The van der Waals surface area contributed by atoms with Gasteiger partial charge in [0.15, 0.2) is 0 Å². The Morgan fingerprint density at radius 2 is 2.04 bits per heavy atom. The molecule has 23 heavy (non-hydrogen) atoms. The van der Waals surface area contributed by atoms with Crippen LogP contribution in [0.25, 0.3) is 0 Å². The number of likely N-dealkylation sites (tertiary alicyclic amines) is 1. The molecule has 7 heteroatoms. The molecule has 3 N–H and O–H groups in total. The van der Waals surface area contributed by atoms with Crippen LogP contribution in [0.4, 0.5) is 9.59 Å². The van der Waals surface area contributed by atoms with Crippen LogP contribution in [0, 0.1) is 0 Å². The van der Waals surface area contributed by atoms with Crippen LogP contribution in [0.2, 0.25) is 0 Å². The second kappa shape index (κ2) is 8.76. The van der Waals surface area contributed by atoms with Crippen molar-refractivity contribution in [1.29, 1.82) is 0 Å². The molecule has 130 valence electrons. The molecule has 7 nitrogen and oxygen atoms in total. The number of urea groups is 2. The summed E-state index contributed by atoms with van der Waals surface area (Å²) in [7, 11) is 0. The average Bonchev–Trinajstić information content (AvgIpc) is 3.07. The van der Waals surface area contributed by atoms with E-state index >= 15 is 0 Å². The molecular formula is C16H29N5O2. The van der Waals surface area contributed by atoms with Crippen molar-refractivity contribution < 1.29 is 9.59 Å². The molecule has 0 aliphatic carbocycles. The summed E-state index contributed by atoms with van der Waals surface area (Å²) in [4.78, 5) is 29.3. The van der Waals surface area contributed by atoms with Crippen molar-refractivity contribution in [3.8, 4) is 0 Å². The van der Waals surface area contributed by atoms with E-state index in [4.69, 9.17) is 5.73 Å². The zero-order valence-electron chi connectivity index (χ0n) is 14.1. The third-order valence-corrected chi connectivity index (χ3v) is 4.54. The van der Waals surface area contributed by atoms with Crippen molar-refractivity contribution >= 4 is 12.1 Å². The molecule has 2 aliphatic heterocycles. The van der Waals surface area contributed by atoms with Gasteiger partial charge < -0.3 is 20.9 Å². The van der Waals surface area contributed by atoms with Crippen LogP contribution in [0.1, 0.15) is 26.2 Å². The highest BCUT2D eigenvalue weighted by Gasteiger charge is 2.23. The normalized spacial score (nSPS) is 18.7. The Hall–Kier alpha value is -1.76. The van der Waals surface area contributed by atoms with Crippen LogP contribution in [-0.2, 0) is 0 Å². The number of nitrogens with zero attached hydrogens (tertiary/aromatic N) is 3. The van der Waals surface area contributed by atoms with E-state index in [1.807, 2.05) is 16.7 Å². The van der Waals surface area contributed by atoms with Crippen LogP contribution < -0.4 is 11.1 Å². The monoisotopic (exact) mass is 323 g/mol. The van der Waals surface area contributed by atoms with Crippen molar-refractivity contribution in [3.63, 3.8) is 0 Å². The zero-order chi connectivity index (χ0) is 16.7. The van der Waals surface area contributed by atoms with Gasteiger partial charge in [0.2, 0.25) is 0 Å². The molecule has 0 bridgehead atoms. The van der Waals surface area contributed by atoms with Crippen molar-refractivity contribution in [3.05, 3.63) is 11.6 Å². The van der Waals surface area contributed by atoms with Gasteiger partial charge in [0.05, 0.1) is 0 Å². The average molecular weight is 323 g/mol. The first-order chi connectivity index (χ1) is 11.1. The van der Waals surface area contributed by atoms with Gasteiger partial charge in [-0.25, -0.2) is 9.59 Å². The summed E-state index contributed by atoms with van der Waals surface area (Å²) < 4.78 is 0. The quantitative estimate of drug-likeness (QED) is 0.710. The van der Waals surface area contributed by atoms with Gasteiger partial charge in [0, 0.05) is 52.4 Å². The van der Waals surface area contributed by atoms with E-state index in [-0.39, 0.29) is 6.03 Å². The molecule has 0 radical (unpaired) electrons. The van der Waals surface area contributed by atoms with Crippen molar-refractivity contribution in [2.45, 2.75) is 26.2 Å². The lowest BCUT2D eigenvalue weighted by molar-refractivity contribution is 0.167. The van der Waals surface area contributed by atoms with Gasteiger partial charge in [-0.05, 0) is 26.2 Å². The first kappa shape index (κ1) is 17.6. The van der Waals surface area contributed by atoms with Crippen LogP contribution >= 0.6 is 0 Å². The number of nitrogens with two attached hydrogens (primary N) is 1. The van der Waals surface area contributed by atoms with Crippen LogP contribution in [0.15, 0.2) is 11.6 Å². The lowest BCUT2D eigenvalue weighted by Crippen LogP contribution is -2.43. The Morgan fingerprint density at radius 3 is 2.61 bits per heavy atom. The maximum absolute atomic E-state index is 12.5. The molecule has 0 aromatic carbocycles. The summed E-state index contributed by atoms with van der Waals surface area (Å²) in [5, 5.41) is 2.61. The molecule has 0 unspecified atom stereocenters. The van der Waals surface area contributed by atoms with Crippen molar-refractivity contribution in [2.75, 3.05) is 52.4 Å². The Bertz CT molecular complexity index is 446. The summed E-state index contributed by atoms with van der Waals surface area (Å²) in [6.45, 7) is 8.53. The zero-order valence-corrected chi connectivity index (χ0v) is 14.1. The first-order valence-electron chi connectivity index (χ1n) is 8.57. The van der Waals surface area contributed by atoms with E-state index in [1.54, 1.807) is 0 Å². The lowest BCUT2D eigenvalue weighted by atomic mass is 10.1. The number of likely N-dealkylation sites (N-methyl/N-ethyl adjacent to an activating group) is 1. The topological polar surface area (TPSA) is 81.9 Å². The smallest absolute Gasteiger partial charge is 0.320 e. The third kappa shape index (κ3) is 5.42. The Morgan fingerprint density at radius 1 is 1.30 bits per heavy atom. The molecule has 2 rings (SSSR count). The Labute approximate surface area is 138 Å². The van der Waals surface area contributed by atoms with Gasteiger partial charge in [-0.1, -0.05) is 11.6 Å². The molecule has 4 amide bonds. The fourth-order valence-corrected chi connectivity index (χ4v) is 3.11. The largest absolute Gasteiger partial charge is 0.352 e. The highest BCUT2D eigenvalue weighted by atomic mass is 16.2. The summed E-state index contributed by atoms with van der Waals surface area (Å²) in [6.07, 6.45) is 5.44. The van der Waals surface area contributed by atoms with E-state index in [1.165, 1.54) is 5.57 Å². The van der Waals surface area contributed by atoms with Crippen molar-refractivity contribution in [2.24, 2.45) is 5.73 Å². The predicted molar refractivity (Wildman–Crippen MR) is 90.2 cm³/mol. The second-order valence-corrected chi connectivity index (χ2v) is 6.19. The maximum Gasteiger partial charge on any atom is 0.320 e. The molecule has 0 spiro atoms. The van der Waals surface area contributed by atoms with Gasteiger partial charge in [-0.15, -0.1) is 0 Å². The number of carbonyl (C=O) groups is 2. The molecule has 1 fully saturated rings. The number of rotatable bonds is 6. The Kier molecular flexibility index (Phi) is 6.70. The van der Waals surface area contributed by atoms with Gasteiger partial charge in [-0.2, -0.15) is 0 Å². The number of amides is 4. The molecule has 0 saturated carbocycles.